The van der Waals surface area contributed by atoms with Crippen molar-refractivity contribution in [3.63, 3.8) is 0 Å². The lowest BCUT2D eigenvalue weighted by atomic mass is 9.91. The van der Waals surface area contributed by atoms with E-state index in [1.54, 1.807) is 0 Å². The molecule has 0 spiro atoms. The normalized spacial score (nSPS) is 19.7. The number of nitrogens with zero attached hydrogens (tertiary/aromatic N) is 1. The molecule has 228 valence electrons. The summed E-state index contributed by atoms with van der Waals surface area (Å²) in [6, 6.07) is 0. The summed E-state index contributed by atoms with van der Waals surface area (Å²) in [5, 5.41) is 0. The van der Waals surface area contributed by atoms with Gasteiger partial charge in [-0.25, -0.2) is 0 Å². The molecule has 0 bridgehead atoms. The van der Waals surface area contributed by atoms with E-state index < -0.39 is 54.9 Å². The molecule has 0 N–H and O–H groups in total. The first-order valence-corrected chi connectivity index (χ1v) is 10.4. The van der Waals surface area contributed by atoms with Gasteiger partial charge in [0.1, 0.15) is 6.61 Å². The minimum absolute atomic E-state index is 0.0513. The van der Waals surface area contributed by atoms with Gasteiger partial charge in [0.05, 0.1) is 46.2 Å². The van der Waals surface area contributed by atoms with Crippen LogP contribution in [0.5, 0.6) is 0 Å². The van der Waals surface area contributed by atoms with Crippen molar-refractivity contribution < 1.29 is 84.8 Å². The fraction of sp³-hybridized carbons (Fsp3) is 1.00. The topological polar surface area (TPSA) is 40.2 Å². The Labute approximate surface area is 205 Å². The molecular formula is C18H22F15NO4. The maximum absolute atomic E-state index is 13.8. The van der Waals surface area contributed by atoms with Crippen LogP contribution in [-0.2, 0) is 18.9 Å². The van der Waals surface area contributed by atoms with Crippen molar-refractivity contribution in [3.05, 3.63) is 0 Å². The van der Waals surface area contributed by atoms with E-state index in [1.807, 2.05) is 0 Å². The summed E-state index contributed by atoms with van der Waals surface area (Å²) in [6.45, 7) is -3.07. The Kier molecular flexibility index (Phi) is 11.4. The Balaban J connectivity index is 2.92. The molecule has 1 aliphatic rings. The molecule has 1 heterocycles. The van der Waals surface area contributed by atoms with E-state index in [-0.39, 0.29) is 59.3 Å². The van der Waals surface area contributed by atoms with E-state index in [9.17, 15) is 65.9 Å². The van der Waals surface area contributed by atoms with Crippen molar-refractivity contribution in [1.82, 2.24) is 4.90 Å². The summed E-state index contributed by atoms with van der Waals surface area (Å²) in [5.41, 5.74) is 0. The van der Waals surface area contributed by atoms with Crippen molar-refractivity contribution in [1.29, 1.82) is 0 Å². The van der Waals surface area contributed by atoms with Gasteiger partial charge in [0.2, 0.25) is 0 Å². The second-order valence-corrected chi connectivity index (χ2v) is 7.81. The smallest absolute Gasteiger partial charge is 0.378 e. The Morgan fingerprint density at radius 1 is 0.500 bits per heavy atom. The van der Waals surface area contributed by atoms with Gasteiger partial charge in [0, 0.05) is 19.6 Å². The number of ether oxygens (including phenoxy) is 4. The first-order chi connectivity index (χ1) is 17.1. The predicted octanol–water partition coefficient (Wildman–Crippen LogP) is 4.74. The summed E-state index contributed by atoms with van der Waals surface area (Å²) in [5.74, 6) is -46.7. The number of alkyl halides is 15. The van der Waals surface area contributed by atoms with Gasteiger partial charge in [-0.3, -0.25) is 4.90 Å². The average Bonchev–Trinajstić information content (AvgIpc) is 2.76. The molecule has 5 nitrogen and oxygen atoms in total. The van der Waals surface area contributed by atoms with Gasteiger partial charge in [0.25, 0.3) is 0 Å². The largest absolute Gasteiger partial charge is 0.460 e. The zero-order valence-electron chi connectivity index (χ0n) is 19.0. The van der Waals surface area contributed by atoms with Crippen LogP contribution < -0.4 is 0 Å². The number of hydrogen-bond donors (Lipinski definition) is 0. The molecule has 0 radical (unpaired) electrons. The van der Waals surface area contributed by atoms with E-state index in [1.165, 1.54) is 4.90 Å². The summed E-state index contributed by atoms with van der Waals surface area (Å²) < 4.78 is 217. The third kappa shape index (κ3) is 7.08. The summed E-state index contributed by atoms with van der Waals surface area (Å²) >= 11 is 0. The second kappa shape index (κ2) is 12.5. The zero-order valence-corrected chi connectivity index (χ0v) is 19.0. The summed E-state index contributed by atoms with van der Waals surface area (Å²) in [7, 11) is 0. The predicted molar refractivity (Wildman–Crippen MR) is 95.5 cm³/mol. The molecule has 1 saturated heterocycles. The summed E-state index contributed by atoms with van der Waals surface area (Å²) in [4.78, 5) is 1.40. The lowest BCUT2D eigenvalue weighted by molar-refractivity contribution is -0.453. The third-order valence-corrected chi connectivity index (χ3v) is 5.08. The number of hydrogen-bond acceptors (Lipinski definition) is 5. The number of halogens is 15. The lowest BCUT2D eigenvalue weighted by Crippen LogP contribution is -2.73. The van der Waals surface area contributed by atoms with Gasteiger partial charge in [-0.15, -0.1) is 0 Å². The Bertz CT molecular complexity index is 721. The molecule has 0 aliphatic carbocycles. The summed E-state index contributed by atoms with van der Waals surface area (Å²) in [6.07, 6.45) is -7.64. The molecule has 1 aliphatic heterocycles. The van der Waals surface area contributed by atoms with Crippen molar-refractivity contribution in [3.8, 4) is 0 Å². The van der Waals surface area contributed by atoms with Gasteiger partial charge in [-0.05, 0) is 0 Å². The van der Waals surface area contributed by atoms with Crippen LogP contribution in [0.15, 0.2) is 0 Å². The minimum Gasteiger partial charge on any atom is -0.378 e. The molecule has 1 fully saturated rings. The molecule has 0 saturated carbocycles. The first kappa shape index (κ1) is 34.8. The molecule has 38 heavy (non-hydrogen) atoms. The van der Waals surface area contributed by atoms with Gasteiger partial charge < -0.3 is 18.9 Å². The van der Waals surface area contributed by atoms with Crippen LogP contribution in [0.4, 0.5) is 65.9 Å². The Hall–Kier alpha value is -1.25. The highest BCUT2D eigenvalue weighted by molar-refractivity contribution is 5.13. The van der Waals surface area contributed by atoms with Crippen LogP contribution in [0.1, 0.15) is 0 Å². The van der Waals surface area contributed by atoms with Crippen molar-refractivity contribution in [2.24, 2.45) is 0 Å². The van der Waals surface area contributed by atoms with E-state index in [0.717, 1.165) is 0 Å². The van der Waals surface area contributed by atoms with Crippen LogP contribution in [-0.4, -0.2) is 119 Å². The molecular weight excluding hydrogens is 579 g/mol. The molecule has 0 aromatic heterocycles. The van der Waals surface area contributed by atoms with Crippen LogP contribution in [0, 0.1) is 0 Å². The molecule has 0 aromatic rings. The molecule has 0 aromatic carbocycles. The highest BCUT2D eigenvalue weighted by atomic mass is 19.4. The lowest BCUT2D eigenvalue weighted by Gasteiger charge is -2.41. The van der Waals surface area contributed by atoms with E-state index in [2.05, 4.69) is 4.74 Å². The minimum atomic E-state index is -8.31. The van der Waals surface area contributed by atoms with Crippen LogP contribution in [0.2, 0.25) is 0 Å². The molecule has 0 unspecified atom stereocenters. The second-order valence-electron chi connectivity index (χ2n) is 7.81. The van der Waals surface area contributed by atoms with Crippen molar-refractivity contribution in [2.75, 3.05) is 72.5 Å². The van der Waals surface area contributed by atoms with Gasteiger partial charge in [-0.2, -0.15) is 65.9 Å². The highest BCUT2D eigenvalue weighted by Crippen LogP contribution is 2.62. The molecule has 1 rings (SSSR count). The fourth-order valence-electron chi connectivity index (χ4n) is 2.75. The average molecular weight is 601 g/mol. The fourth-order valence-corrected chi connectivity index (χ4v) is 2.75. The number of rotatable bonds is 10. The van der Waals surface area contributed by atoms with Gasteiger partial charge in [-0.1, -0.05) is 0 Å². The van der Waals surface area contributed by atoms with Gasteiger partial charge >= 0.3 is 41.7 Å². The quantitative estimate of drug-likeness (QED) is 0.268. The monoisotopic (exact) mass is 601 g/mol. The zero-order chi connectivity index (χ0) is 29.7. The maximum atomic E-state index is 13.8. The Morgan fingerprint density at radius 3 is 1.29 bits per heavy atom. The van der Waals surface area contributed by atoms with E-state index in [0.29, 0.717) is 0 Å². The first-order valence-electron chi connectivity index (χ1n) is 10.4. The van der Waals surface area contributed by atoms with E-state index in [4.69, 9.17) is 14.2 Å². The molecule has 0 atom stereocenters. The molecule has 0 amide bonds. The SMILES string of the molecule is FC(F)(F)C(F)(F)C(F)(F)C(F)(F)C(F)(F)C(F)(F)C(F)(F)COCCN1CCOCCOCCOCC1. The van der Waals surface area contributed by atoms with Crippen LogP contribution >= 0.6 is 0 Å². The molecule has 20 heteroatoms. The van der Waals surface area contributed by atoms with E-state index >= 15 is 0 Å². The standard InChI is InChI=1S/C18H22F15NO4/c19-12(20,11-38-6-3-34-1-4-35-7-9-37-10-8-36-5-2-34)13(21,22)14(23,24)15(25,26)16(27,28)17(29,30)18(31,32)33/h1-11H2. The van der Waals surface area contributed by atoms with Crippen molar-refractivity contribution >= 4 is 0 Å². The van der Waals surface area contributed by atoms with Crippen LogP contribution in [0.25, 0.3) is 0 Å². The van der Waals surface area contributed by atoms with Crippen LogP contribution in [0.3, 0.4) is 0 Å². The maximum Gasteiger partial charge on any atom is 0.460 e. The third-order valence-electron chi connectivity index (χ3n) is 5.08. The Morgan fingerprint density at radius 2 is 0.868 bits per heavy atom. The van der Waals surface area contributed by atoms with Gasteiger partial charge in [0.15, 0.2) is 0 Å². The highest BCUT2D eigenvalue weighted by Gasteiger charge is 2.93. The van der Waals surface area contributed by atoms with Crippen molar-refractivity contribution in [2.45, 2.75) is 41.7 Å².